The molecule has 0 radical (unpaired) electrons. The first-order valence-corrected chi connectivity index (χ1v) is 6.50. The second kappa shape index (κ2) is 7.71. The molecule has 0 spiro atoms. The topological polar surface area (TPSA) is 129 Å². The van der Waals surface area contributed by atoms with Crippen molar-refractivity contribution in [2.45, 2.75) is 38.9 Å². The van der Waals surface area contributed by atoms with E-state index in [0.717, 1.165) is 12.2 Å². The zero-order valence-electron chi connectivity index (χ0n) is 11.8. The van der Waals surface area contributed by atoms with Gasteiger partial charge in [0.25, 0.3) is 0 Å². The molecular weight excluding hydrogens is 264 g/mol. The number of oxime groups is 1. The average molecular weight is 286 g/mol. The van der Waals surface area contributed by atoms with Crippen LogP contribution >= 0.6 is 0 Å². The molecule has 1 aliphatic heterocycles. The Morgan fingerprint density at radius 1 is 1.45 bits per heavy atom. The van der Waals surface area contributed by atoms with Gasteiger partial charge in [0.2, 0.25) is 0 Å². The van der Waals surface area contributed by atoms with Crippen molar-refractivity contribution in [3.05, 3.63) is 11.8 Å². The first kappa shape index (κ1) is 16.3. The molecular formula is C12H22N4O4. The molecule has 0 atom stereocenters. The Labute approximate surface area is 117 Å². The highest BCUT2D eigenvalue weighted by atomic mass is 16.7. The van der Waals surface area contributed by atoms with Gasteiger partial charge in [-0.1, -0.05) is 24.2 Å². The number of aromatic nitrogens is 1. The van der Waals surface area contributed by atoms with Gasteiger partial charge < -0.3 is 30.7 Å². The Bertz CT molecular complexity index is 427. The number of nitrogen functional groups attached to an aromatic ring is 1. The monoisotopic (exact) mass is 286 g/mol. The number of amidine groups is 1. The lowest BCUT2D eigenvalue weighted by Gasteiger charge is -2.24. The predicted octanol–water partition coefficient (Wildman–Crippen LogP) is 1.10. The van der Waals surface area contributed by atoms with Gasteiger partial charge in [0, 0.05) is 12.5 Å². The van der Waals surface area contributed by atoms with Gasteiger partial charge in [0.05, 0.1) is 19.6 Å². The summed E-state index contributed by atoms with van der Waals surface area (Å²) in [5.74, 6) is 0.777. The molecule has 0 amide bonds. The third kappa shape index (κ3) is 4.71. The lowest BCUT2D eigenvalue weighted by atomic mass is 10.1. The highest BCUT2D eigenvalue weighted by Gasteiger charge is 2.35. The summed E-state index contributed by atoms with van der Waals surface area (Å²) in [6.45, 7) is 5.08. The van der Waals surface area contributed by atoms with Gasteiger partial charge in [-0.2, -0.15) is 0 Å². The molecule has 2 heterocycles. The standard InChI is InChI=1S/C7H14N2O3.C5H8N2O/c1-2-7(5-6(8)9-10)11-3-4-12-7;1-2-4-3-5(6)7-8-4/h10H,2-5H2,1H3,(H2,8,9);3H,2H2,1H3,(H2,6,7). The molecule has 0 aliphatic carbocycles. The number of nitrogens with two attached hydrogens (primary N) is 2. The summed E-state index contributed by atoms with van der Waals surface area (Å²) < 4.78 is 15.5. The minimum atomic E-state index is -0.656. The maximum absolute atomic E-state index is 8.36. The van der Waals surface area contributed by atoms with Gasteiger partial charge in [-0.25, -0.2) is 0 Å². The van der Waals surface area contributed by atoms with Crippen LogP contribution in [0.2, 0.25) is 0 Å². The Balaban J connectivity index is 0.000000217. The van der Waals surface area contributed by atoms with E-state index in [4.69, 9.17) is 30.7 Å². The normalized spacial score (nSPS) is 17.6. The molecule has 1 aliphatic rings. The van der Waals surface area contributed by atoms with Gasteiger partial charge in [-0.15, -0.1) is 0 Å². The summed E-state index contributed by atoms with van der Waals surface area (Å²) in [5.41, 5.74) is 10.6. The highest BCUT2D eigenvalue weighted by Crippen LogP contribution is 2.26. The summed E-state index contributed by atoms with van der Waals surface area (Å²) in [4.78, 5) is 0. The SMILES string of the molecule is CCC1(CC(N)=NO)OCCO1.CCc1cc(N)no1. The first-order chi connectivity index (χ1) is 9.55. The molecule has 0 unspecified atom stereocenters. The van der Waals surface area contributed by atoms with E-state index in [1.807, 2.05) is 13.8 Å². The van der Waals surface area contributed by atoms with Crippen LogP contribution in [0.5, 0.6) is 0 Å². The van der Waals surface area contributed by atoms with Crippen molar-refractivity contribution in [2.75, 3.05) is 18.9 Å². The molecule has 8 heteroatoms. The van der Waals surface area contributed by atoms with Crippen molar-refractivity contribution in [3.63, 3.8) is 0 Å². The third-order valence-corrected chi connectivity index (χ3v) is 2.86. The molecule has 1 aromatic rings. The van der Waals surface area contributed by atoms with Crippen LogP contribution in [-0.4, -0.2) is 35.2 Å². The van der Waals surface area contributed by atoms with Crippen LogP contribution in [0.25, 0.3) is 0 Å². The number of rotatable bonds is 4. The number of hydrogen-bond donors (Lipinski definition) is 3. The van der Waals surface area contributed by atoms with Crippen molar-refractivity contribution >= 4 is 11.7 Å². The third-order valence-electron chi connectivity index (χ3n) is 2.86. The van der Waals surface area contributed by atoms with Gasteiger partial charge in [-0.3, -0.25) is 0 Å². The summed E-state index contributed by atoms with van der Waals surface area (Å²) in [5, 5.41) is 14.7. The summed E-state index contributed by atoms with van der Waals surface area (Å²) in [6, 6.07) is 1.72. The molecule has 0 bridgehead atoms. The summed E-state index contributed by atoms with van der Waals surface area (Å²) in [7, 11) is 0. The molecule has 0 saturated carbocycles. The fourth-order valence-electron chi connectivity index (χ4n) is 1.74. The summed E-state index contributed by atoms with van der Waals surface area (Å²) >= 11 is 0. The fraction of sp³-hybridized carbons (Fsp3) is 0.667. The summed E-state index contributed by atoms with van der Waals surface area (Å²) in [6.07, 6.45) is 1.87. The van der Waals surface area contributed by atoms with Crippen LogP contribution in [0.3, 0.4) is 0 Å². The molecule has 1 saturated heterocycles. The maximum atomic E-state index is 8.36. The van der Waals surface area contributed by atoms with Gasteiger partial charge in [0.15, 0.2) is 11.6 Å². The van der Waals surface area contributed by atoms with Gasteiger partial charge in [-0.05, 0) is 6.42 Å². The Hall–Kier alpha value is -1.80. The quantitative estimate of drug-likeness (QED) is 0.327. The van der Waals surface area contributed by atoms with Crippen molar-refractivity contribution < 1.29 is 19.2 Å². The molecule has 5 N–H and O–H groups in total. The second-order valence-corrected chi connectivity index (χ2v) is 4.30. The average Bonchev–Trinajstić information content (AvgIpc) is 3.09. The number of ether oxygens (including phenoxy) is 2. The molecule has 0 aromatic carbocycles. The van der Waals surface area contributed by atoms with E-state index in [1.54, 1.807) is 6.07 Å². The molecule has 1 aromatic heterocycles. The molecule has 114 valence electrons. The van der Waals surface area contributed by atoms with Crippen molar-refractivity contribution in [3.8, 4) is 0 Å². The first-order valence-electron chi connectivity index (χ1n) is 6.50. The van der Waals surface area contributed by atoms with Crippen LogP contribution < -0.4 is 11.5 Å². The smallest absolute Gasteiger partial charge is 0.175 e. The minimum absolute atomic E-state index is 0.138. The molecule has 8 nitrogen and oxygen atoms in total. The van der Waals surface area contributed by atoms with Crippen molar-refractivity contribution in [1.29, 1.82) is 0 Å². The maximum Gasteiger partial charge on any atom is 0.175 e. The van der Waals surface area contributed by atoms with Gasteiger partial charge in [0.1, 0.15) is 11.6 Å². The van der Waals surface area contributed by atoms with E-state index in [-0.39, 0.29) is 5.84 Å². The van der Waals surface area contributed by atoms with Crippen LogP contribution in [0.4, 0.5) is 5.82 Å². The van der Waals surface area contributed by atoms with E-state index in [1.165, 1.54) is 0 Å². The van der Waals surface area contributed by atoms with E-state index in [0.29, 0.717) is 31.9 Å². The zero-order chi connectivity index (χ0) is 15.0. The van der Waals surface area contributed by atoms with E-state index in [9.17, 15) is 0 Å². The molecule has 20 heavy (non-hydrogen) atoms. The largest absolute Gasteiger partial charge is 0.409 e. The number of aryl methyl sites for hydroxylation is 1. The van der Waals surface area contributed by atoms with E-state index >= 15 is 0 Å². The van der Waals surface area contributed by atoms with Crippen molar-refractivity contribution in [2.24, 2.45) is 10.9 Å². The van der Waals surface area contributed by atoms with Gasteiger partial charge >= 0.3 is 0 Å². The highest BCUT2D eigenvalue weighted by molar-refractivity contribution is 5.80. The molecule has 2 rings (SSSR count). The number of hydrogen-bond acceptors (Lipinski definition) is 7. The van der Waals surface area contributed by atoms with Crippen molar-refractivity contribution in [1.82, 2.24) is 5.16 Å². The van der Waals surface area contributed by atoms with Crippen LogP contribution in [0, 0.1) is 0 Å². The predicted molar refractivity (Wildman–Crippen MR) is 73.2 cm³/mol. The Morgan fingerprint density at radius 3 is 2.45 bits per heavy atom. The minimum Gasteiger partial charge on any atom is -0.409 e. The number of anilines is 1. The van der Waals surface area contributed by atoms with E-state index in [2.05, 4.69) is 10.3 Å². The Morgan fingerprint density at radius 2 is 2.10 bits per heavy atom. The fourth-order valence-corrected chi connectivity index (χ4v) is 1.74. The lowest BCUT2D eigenvalue weighted by molar-refractivity contribution is -0.153. The Kier molecular flexibility index (Phi) is 6.26. The van der Waals surface area contributed by atoms with E-state index < -0.39 is 5.79 Å². The number of nitrogens with zero attached hydrogens (tertiary/aromatic N) is 2. The molecule has 1 fully saturated rings. The van der Waals surface area contributed by atoms with Crippen LogP contribution in [0.15, 0.2) is 15.7 Å². The second-order valence-electron chi connectivity index (χ2n) is 4.30. The van der Waals surface area contributed by atoms with Crippen LogP contribution in [0.1, 0.15) is 32.4 Å². The van der Waals surface area contributed by atoms with Crippen LogP contribution in [-0.2, 0) is 15.9 Å². The lowest BCUT2D eigenvalue weighted by Crippen LogP contribution is -2.35. The zero-order valence-corrected chi connectivity index (χ0v) is 11.8.